The number of amides is 2. The van der Waals surface area contributed by atoms with Crippen LogP contribution in [0.25, 0.3) is 11.0 Å². The van der Waals surface area contributed by atoms with Crippen molar-refractivity contribution in [2.75, 3.05) is 12.4 Å². The molecule has 2 N–H and O–H groups in total. The molecule has 8 heteroatoms. The van der Waals surface area contributed by atoms with Gasteiger partial charge in [-0.05, 0) is 32.9 Å². The van der Waals surface area contributed by atoms with Gasteiger partial charge >= 0.3 is 12.0 Å². The molecule has 1 aliphatic rings. The lowest BCUT2D eigenvalue weighted by molar-refractivity contribution is -0.138. The fourth-order valence-electron chi connectivity index (χ4n) is 2.74. The highest BCUT2D eigenvalue weighted by atomic mass is 32.2. The van der Waals surface area contributed by atoms with Crippen molar-refractivity contribution in [3.63, 3.8) is 0 Å². The molecule has 1 aliphatic heterocycles. The van der Waals surface area contributed by atoms with Gasteiger partial charge in [-0.2, -0.15) is 0 Å². The van der Waals surface area contributed by atoms with Gasteiger partial charge in [0.05, 0.1) is 34.9 Å². The number of esters is 1. The summed E-state index contributed by atoms with van der Waals surface area (Å²) >= 11 is 1.43. The van der Waals surface area contributed by atoms with Crippen LogP contribution in [0.3, 0.4) is 0 Å². The number of hydrogen-bond acceptors (Lipinski definition) is 6. The minimum atomic E-state index is -0.426. The first-order valence-corrected chi connectivity index (χ1v) is 9.32. The molecule has 0 fully saturated rings. The molecule has 1 atom stereocenters. The quantitative estimate of drug-likeness (QED) is 0.619. The van der Waals surface area contributed by atoms with Crippen LogP contribution < -0.4 is 10.6 Å². The first kappa shape index (κ1) is 18.2. The molecule has 2 amide bonds. The van der Waals surface area contributed by atoms with Crippen molar-refractivity contribution in [1.82, 2.24) is 20.6 Å². The van der Waals surface area contributed by atoms with E-state index in [2.05, 4.69) is 20.6 Å². The van der Waals surface area contributed by atoms with Crippen LogP contribution in [0.5, 0.6) is 0 Å². The standard InChI is InChI=1S/C18H20N4O3S/c1-4-25-17(23)15-10(2)20-18(24)22-14(15)9-26-16-11(3)19-12-7-5-6-8-13(12)21-16/h5-8,10H,4,9H2,1-3H3,(H2,20,22,24)/t10-/m0/s1. The summed E-state index contributed by atoms with van der Waals surface area (Å²) in [5.41, 5.74) is 3.43. The van der Waals surface area contributed by atoms with Crippen molar-refractivity contribution in [2.24, 2.45) is 0 Å². The van der Waals surface area contributed by atoms with Crippen LogP contribution in [0.1, 0.15) is 19.5 Å². The largest absolute Gasteiger partial charge is 0.463 e. The van der Waals surface area contributed by atoms with Gasteiger partial charge in [0.2, 0.25) is 0 Å². The number of urea groups is 1. The maximum atomic E-state index is 12.3. The van der Waals surface area contributed by atoms with E-state index in [0.717, 1.165) is 21.8 Å². The second kappa shape index (κ2) is 7.74. The van der Waals surface area contributed by atoms with Crippen LogP contribution in [0, 0.1) is 6.92 Å². The molecular weight excluding hydrogens is 352 g/mol. The molecule has 0 aliphatic carbocycles. The molecule has 7 nitrogen and oxygen atoms in total. The Morgan fingerprint density at radius 2 is 1.96 bits per heavy atom. The van der Waals surface area contributed by atoms with Crippen molar-refractivity contribution < 1.29 is 14.3 Å². The molecule has 3 rings (SSSR count). The minimum absolute atomic E-state index is 0.276. The van der Waals surface area contributed by atoms with E-state index in [0.29, 0.717) is 17.0 Å². The van der Waals surface area contributed by atoms with Crippen molar-refractivity contribution in [1.29, 1.82) is 0 Å². The van der Waals surface area contributed by atoms with Crippen LogP contribution in [0.15, 0.2) is 40.6 Å². The molecule has 0 saturated carbocycles. The van der Waals surface area contributed by atoms with E-state index in [4.69, 9.17) is 4.74 Å². The molecule has 0 bridgehead atoms. The van der Waals surface area contributed by atoms with E-state index in [9.17, 15) is 9.59 Å². The smallest absolute Gasteiger partial charge is 0.337 e. The van der Waals surface area contributed by atoms with Gasteiger partial charge in [-0.25, -0.2) is 19.6 Å². The SMILES string of the molecule is CCOC(=O)C1=C(CSc2nc3ccccc3nc2C)NC(=O)N[C@H]1C. The van der Waals surface area contributed by atoms with Crippen molar-refractivity contribution in [2.45, 2.75) is 31.8 Å². The predicted octanol–water partition coefficient (Wildman–Crippen LogP) is 2.55. The fraction of sp³-hybridized carbons (Fsp3) is 0.333. The molecule has 0 spiro atoms. The second-order valence-electron chi connectivity index (χ2n) is 5.82. The minimum Gasteiger partial charge on any atom is -0.463 e. The number of thioether (sulfide) groups is 1. The van der Waals surface area contributed by atoms with Crippen LogP contribution in [0.2, 0.25) is 0 Å². The Morgan fingerprint density at radius 3 is 2.65 bits per heavy atom. The van der Waals surface area contributed by atoms with Gasteiger partial charge in [0.15, 0.2) is 0 Å². The average Bonchev–Trinajstić information content (AvgIpc) is 2.59. The Balaban J connectivity index is 1.88. The summed E-state index contributed by atoms with van der Waals surface area (Å²) in [6, 6.07) is 6.91. The van der Waals surface area contributed by atoms with E-state index in [1.54, 1.807) is 13.8 Å². The molecule has 1 aromatic carbocycles. The monoisotopic (exact) mass is 372 g/mol. The summed E-state index contributed by atoms with van der Waals surface area (Å²) < 4.78 is 5.13. The lowest BCUT2D eigenvalue weighted by Crippen LogP contribution is -2.49. The number of para-hydroxylation sites is 2. The third-order valence-corrected chi connectivity index (χ3v) is 5.01. The summed E-state index contributed by atoms with van der Waals surface area (Å²) in [5, 5.41) is 6.17. The molecule has 0 saturated heterocycles. The van der Waals surface area contributed by atoms with Gasteiger partial charge in [-0.1, -0.05) is 23.9 Å². The number of ether oxygens (including phenoxy) is 1. The first-order valence-electron chi connectivity index (χ1n) is 8.33. The second-order valence-corrected chi connectivity index (χ2v) is 6.79. The Morgan fingerprint density at radius 1 is 1.27 bits per heavy atom. The topological polar surface area (TPSA) is 93.2 Å². The third-order valence-electron chi connectivity index (χ3n) is 3.92. The number of nitrogens with zero attached hydrogens (tertiary/aromatic N) is 2. The Bertz CT molecular complexity index is 897. The molecule has 136 valence electrons. The number of nitrogens with one attached hydrogen (secondary N) is 2. The van der Waals surface area contributed by atoms with Crippen molar-refractivity contribution in [3.05, 3.63) is 41.2 Å². The summed E-state index contributed by atoms with van der Waals surface area (Å²) in [4.78, 5) is 33.3. The van der Waals surface area contributed by atoms with Gasteiger partial charge < -0.3 is 15.4 Å². The van der Waals surface area contributed by atoms with Crippen LogP contribution >= 0.6 is 11.8 Å². The van der Waals surface area contributed by atoms with Crippen molar-refractivity contribution >= 4 is 34.8 Å². The molecule has 1 aromatic heterocycles. The number of fused-ring (bicyclic) bond motifs is 1. The number of hydrogen-bond donors (Lipinski definition) is 2. The molecule has 26 heavy (non-hydrogen) atoms. The third kappa shape index (κ3) is 3.80. The highest BCUT2D eigenvalue weighted by Gasteiger charge is 2.29. The first-order chi connectivity index (χ1) is 12.5. The fourth-order valence-corrected chi connectivity index (χ4v) is 3.67. The van der Waals surface area contributed by atoms with E-state index in [1.165, 1.54) is 11.8 Å². The highest BCUT2D eigenvalue weighted by molar-refractivity contribution is 7.99. The van der Waals surface area contributed by atoms with Crippen LogP contribution in [0.4, 0.5) is 4.79 Å². The molecule has 2 heterocycles. The summed E-state index contributed by atoms with van der Waals surface area (Å²) in [5.74, 6) is -0.0378. The molecular formula is C18H20N4O3S. The summed E-state index contributed by atoms with van der Waals surface area (Å²) in [7, 11) is 0. The van der Waals surface area contributed by atoms with Crippen LogP contribution in [-0.2, 0) is 9.53 Å². The van der Waals surface area contributed by atoms with E-state index in [1.807, 2.05) is 31.2 Å². The van der Waals surface area contributed by atoms with Crippen molar-refractivity contribution in [3.8, 4) is 0 Å². The summed E-state index contributed by atoms with van der Waals surface area (Å²) in [6.07, 6.45) is 0. The average molecular weight is 372 g/mol. The zero-order valence-corrected chi connectivity index (χ0v) is 15.6. The Hall–Kier alpha value is -2.61. The zero-order chi connectivity index (χ0) is 18.7. The molecule has 2 aromatic rings. The van der Waals surface area contributed by atoms with E-state index < -0.39 is 12.0 Å². The number of carbonyl (C=O) groups is 2. The van der Waals surface area contributed by atoms with E-state index in [-0.39, 0.29) is 12.6 Å². The Kier molecular flexibility index (Phi) is 5.41. The lowest BCUT2D eigenvalue weighted by Gasteiger charge is -2.26. The molecule has 0 unspecified atom stereocenters. The Labute approximate surface area is 155 Å². The maximum absolute atomic E-state index is 12.3. The van der Waals surface area contributed by atoms with Crippen LogP contribution in [-0.4, -0.2) is 40.4 Å². The highest BCUT2D eigenvalue weighted by Crippen LogP contribution is 2.26. The van der Waals surface area contributed by atoms with E-state index >= 15 is 0 Å². The molecule has 0 radical (unpaired) electrons. The number of aromatic nitrogens is 2. The maximum Gasteiger partial charge on any atom is 0.337 e. The van der Waals surface area contributed by atoms with Gasteiger partial charge in [0.25, 0.3) is 0 Å². The lowest BCUT2D eigenvalue weighted by atomic mass is 10.1. The zero-order valence-electron chi connectivity index (χ0n) is 14.8. The summed E-state index contributed by atoms with van der Waals surface area (Å²) in [6.45, 7) is 5.68. The van der Waals surface area contributed by atoms with Gasteiger partial charge in [-0.3, -0.25) is 0 Å². The number of benzene rings is 1. The predicted molar refractivity (Wildman–Crippen MR) is 99.8 cm³/mol. The number of aryl methyl sites for hydroxylation is 1. The van der Waals surface area contributed by atoms with Gasteiger partial charge in [0, 0.05) is 11.4 Å². The number of carbonyl (C=O) groups excluding carboxylic acids is 2. The normalized spacial score (nSPS) is 17.0. The number of rotatable bonds is 5. The van der Waals surface area contributed by atoms with Gasteiger partial charge in [0.1, 0.15) is 5.03 Å². The van der Waals surface area contributed by atoms with Gasteiger partial charge in [-0.15, -0.1) is 0 Å².